The van der Waals surface area contributed by atoms with Crippen molar-refractivity contribution < 1.29 is 28.9 Å². The van der Waals surface area contributed by atoms with E-state index >= 15 is 0 Å². The van der Waals surface area contributed by atoms with Crippen molar-refractivity contribution >= 4 is 17.7 Å². The molecule has 0 saturated heterocycles. The van der Waals surface area contributed by atoms with E-state index in [4.69, 9.17) is 24.9 Å². The molecule has 0 aromatic heterocycles. The van der Waals surface area contributed by atoms with Crippen LogP contribution in [0.3, 0.4) is 0 Å². The van der Waals surface area contributed by atoms with Gasteiger partial charge in [-0.05, 0) is 96.9 Å². The molecule has 1 heterocycles. The number of nitrogens with one attached hydrogen (secondary N) is 1. The Kier molecular flexibility index (Phi) is 8.35. The number of aryl methyl sites for hydroxylation is 1. The number of aliphatic imine (C=N–C) groups is 1. The molecule has 2 aliphatic rings. The molecule has 0 unspecified atom stereocenters. The molecule has 1 amide bonds. The van der Waals surface area contributed by atoms with Crippen molar-refractivity contribution in [1.82, 2.24) is 5.32 Å². The van der Waals surface area contributed by atoms with Crippen molar-refractivity contribution in [2.45, 2.75) is 102 Å². The average Bonchev–Trinajstić information content (AvgIpc) is 2.82. The fourth-order valence-corrected chi connectivity index (χ4v) is 4.71. The lowest BCUT2D eigenvalue weighted by atomic mass is 9.82. The number of amides is 1. The Morgan fingerprint density at radius 1 is 1.22 bits per heavy atom. The number of methoxy groups -OCH3 is 1. The number of aliphatic hydroxyl groups is 1. The summed E-state index contributed by atoms with van der Waals surface area (Å²) in [7, 11) is 1.53. The molecule has 1 aliphatic carbocycles. The highest BCUT2D eigenvalue weighted by atomic mass is 16.6. The molecule has 1 aromatic rings. The van der Waals surface area contributed by atoms with Crippen molar-refractivity contribution in [3.63, 3.8) is 0 Å². The number of hydrogen-bond donors (Lipinski definition) is 3. The number of fused-ring (bicyclic) bond motifs is 1. The fourth-order valence-electron chi connectivity index (χ4n) is 4.71. The zero-order valence-corrected chi connectivity index (χ0v) is 22.3. The van der Waals surface area contributed by atoms with Gasteiger partial charge in [-0.2, -0.15) is 0 Å². The Bertz CT molecular complexity index is 994. The van der Waals surface area contributed by atoms with Crippen LogP contribution >= 0.6 is 0 Å². The van der Waals surface area contributed by atoms with Crippen LogP contribution in [0.4, 0.5) is 4.79 Å². The molecule has 9 heteroatoms. The third-order valence-electron chi connectivity index (χ3n) is 7.21. The molecule has 200 valence electrons. The van der Waals surface area contributed by atoms with Gasteiger partial charge in [0.1, 0.15) is 23.3 Å². The molecule has 9 nitrogen and oxygen atoms in total. The number of ether oxygens (including phenoxy) is 3. The Balaban J connectivity index is 1.58. The smallest absolute Gasteiger partial charge is 0.407 e. The molecule has 36 heavy (non-hydrogen) atoms. The topological polar surface area (TPSA) is 132 Å². The standard InChI is InChI=1S/C27H41N3O6/c1-17(31)26(5,34-6)22-10-8-18-15-19(7-9-21(18)35-22)23(28)30-20-11-13-27(33,14-12-20)16-29-24(32)36-25(2,3)4/h7,9,15,20,22,33H,8,10-14,16H2,1-6H3,(H2,28,30)(H,29,32)/t20?,22-,26-,27?/m1/s1. The van der Waals surface area contributed by atoms with E-state index in [2.05, 4.69) is 5.32 Å². The normalized spacial score (nSPS) is 26.2. The lowest BCUT2D eigenvalue weighted by molar-refractivity contribution is -0.149. The molecular weight excluding hydrogens is 462 g/mol. The van der Waals surface area contributed by atoms with Gasteiger partial charge in [0.2, 0.25) is 0 Å². The minimum absolute atomic E-state index is 0.00134. The average molecular weight is 504 g/mol. The molecule has 2 atom stereocenters. The van der Waals surface area contributed by atoms with Crippen LogP contribution in [0.15, 0.2) is 23.2 Å². The maximum Gasteiger partial charge on any atom is 0.407 e. The number of hydrogen-bond acceptors (Lipinski definition) is 7. The predicted octanol–water partition coefficient (Wildman–Crippen LogP) is 3.28. The third kappa shape index (κ3) is 6.76. The van der Waals surface area contributed by atoms with Crippen molar-refractivity contribution in [3.05, 3.63) is 29.3 Å². The van der Waals surface area contributed by atoms with E-state index in [1.807, 2.05) is 18.2 Å². The first-order valence-electron chi connectivity index (χ1n) is 12.6. The summed E-state index contributed by atoms with van der Waals surface area (Å²) in [6, 6.07) is 5.74. The lowest BCUT2D eigenvalue weighted by Crippen LogP contribution is -2.51. The highest BCUT2D eigenvalue weighted by molar-refractivity contribution is 5.98. The molecule has 3 rings (SSSR count). The fraction of sp³-hybridized carbons (Fsp3) is 0.667. The van der Waals surface area contributed by atoms with Gasteiger partial charge in [0, 0.05) is 19.2 Å². The number of carbonyl (C=O) groups is 2. The predicted molar refractivity (Wildman–Crippen MR) is 137 cm³/mol. The molecule has 1 saturated carbocycles. The van der Waals surface area contributed by atoms with Crippen LogP contribution in [0.25, 0.3) is 0 Å². The van der Waals surface area contributed by atoms with Crippen molar-refractivity contribution in [1.29, 1.82) is 0 Å². The maximum atomic E-state index is 12.1. The van der Waals surface area contributed by atoms with E-state index in [0.29, 0.717) is 37.9 Å². The molecule has 0 bridgehead atoms. The Labute approximate surface area is 213 Å². The number of ketones is 1. The van der Waals surface area contributed by atoms with Gasteiger partial charge >= 0.3 is 6.09 Å². The van der Waals surface area contributed by atoms with Crippen LogP contribution < -0.4 is 15.8 Å². The summed E-state index contributed by atoms with van der Waals surface area (Å²) in [6.07, 6.45) is 2.89. The molecular formula is C27H41N3O6. The van der Waals surface area contributed by atoms with Crippen LogP contribution in [-0.2, 0) is 20.7 Å². The molecule has 1 fully saturated rings. The van der Waals surface area contributed by atoms with Crippen LogP contribution in [0.1, 0.15) is 77.8 Å². The Morgan fingerprint density at radius 3 is 2.47 bits per heavy atom. The summed E-state index contributed by atoms with van der Waals surface area (Å²) in [6.45, 7) is 8.83. The Hall–Kier alpha value is -2.65. The largest absolute Gasteiger partial charge is 0.487 e. The maximum absolute atomic E-state index is 12.1. The molecule has 1 aliphatic heterocycles. The second-order valence-corrected chi connectivity index (χ2v) is 11.2. The summed E-state index contributed by atoms with van der Waals surface area (Å²) >= 11 is 0. The van der Waals surface area contributed by atoms with E-state index in [1.54, 1.807) is 27.7 Å². The van der Waals surface area contributed by atoms with Gasteiger partial charge in [-0.1, -0.05) is 0 Å². The number of alkyl carbamates (subject to hydrolysis) is 1. The van der Waals surface area contributed by atoms with Crippen LogP contribution in [0.5, 0.6) is 5.75 Å². The van der Waals surface area contributed by atoms with E-state index in [-0.39, 0.29) is 24.5 Å². The first kappa shape index (κ1) is 27.9. The van der Waals surface area contributed by atoms with E-state index in [1.165, 1.54) is 14.0 Å². The van der Waals surface area contributed by atoms with Gasteiger partial charge in [-0.25, -0.2) is 4.79 Å². The number of rotatable bonds is 7. The minimum Gasteiger partial charge on any atom is -0.487 e. The zero-order chi connectivity index (χ0) is 26.7. The minimum atomic E-state index is -0.984. The molecule has 0 radical (unpaired) electrons. The summed E-state index contributed by atoms with van der Waals surface area (Å²) in [5.41, 5.74) is 5.65. The van der Waals surface area contributed by atoms with Gasteiger partial charge < -0.3 is 30.4 Å². The molecule has 1 aromatic carbocycles. The summed E-state index contributed by atoms with van der Waals surface area (Å²) < 4.78 is 16.9. The first-order valence-corrected chi connectivity index (χ1v) is 12.6. The number of carbonyl (C=O) groups excluding carboxylic acids is 2. The molecule has 0 spiro atoms. The third-order valence-corrected chi connectivity index (χ3v) is 7.21. The Morgan fingerprint density at radius 2 is 1.89 bits per heavy atom. The van der Waals surface area contributed by atoms with E-state index in [0.717, 1.165) is 23.3 Å². The van der Waals surface area contributed by atoms with Gasteiger partial charge in [0.25, 0.3) is 0 Å². The van der Waals surface area contributed by atoms with E-state index < -0.39 is 22.9 Å². The van der Waals surface area contributed by atoms with Crippen molar-refractivity contribution in [2.75, 3.05) is 13.7 Å². The number of Topliss-reactive ketones (excluding diaryl/α,β-unsaturated/α-hetero) is 1. The first-order chi connectivity index (χ1) is 16.7. The van der Waals surface area contributed by atoms with Crippen molar-refractivity contribution in [3.8, 4) is 5.75 Å². The summed E-state index contributed by atoms with van der Waals surface area (Å²) in [4.78, 5) is 28.8. The van der Waals surface area contributed by atoms with E-state index in [9.17, 15) is 14.7 Å². The van der Waals surface area contributed by atoms with Gasteiger partial charge in [-0.15, -0.1) is 0 Å². The SMILES string of the molecule is CO[C@](C)(C(C)=O)[C@H]1CCc2cc(C(N)=NC3CCC(O)(CNC(=O)OC(C)(C)C)CC3)ccc2O1. The number of nitrogens with two attached hydrogens (primary N) is 1. The number of nitrogens with zero attached hydrogens (tertiary/aromatic N) is 1. The monoisotopic (exact) mass is 503 g/mol. The number of benzene rings is 1. The van der Waals surface area contributed by atoms with Gasteiger partial charge in [0.05, 0.1) is 11.6 Å². The zero-order valence-electron chi connectivity index (χ0n) is 22.3. The highest BCUT2D eigenvalue weighted by Gasteiger charge is 2.42. The summed E-state index contributed by atoms with van der Waals surface area (Å²) in [5.74, 6) is 1.12. The summed E-state index contributed by atoms with van der Waals surface area (Å²) in [5, 5.41) is 13.5. The quantitative estimate of drug-likeness (QED) is 0.384. The number of amidine groups is 1. The van der Waals surface area contributed by atoms with Gasteiger partial charge in [-0.3, -0.25) is 9.79 Å². The van der Waals surface area contributed by atoms with Crippen LogP contribution in [0.2, 0.25) is 0 Å². The lowest BCUT2D eigenvalue weighted by Gasteiger charge is -2.37. The van der Waals surface area contributed by atoms with Crippen molar-refractivity contribution in [2.24, 2.45) is 10.7 Å². The molecule has 4 N–H and O–H groups in total. The van der Waals surface area contributed by atoms with Crippen LogP contribution in [-0.4, -0.2) is 65.4 Å². The second-order valence-electron chi connectivity index (χ2n) is 11.2. The highest BCUT2D eigenvalue weighted by Crippen LogP contribution is 2.34. The second kappa shape index (κ2) is 10.8. The van der Waals surface area contributed by atoms with Gasteiger partial charge in [0.15, 0.2) is 11.4 Å². The van der Waals surface area contributed by atoms with Crippen LogP contribution in [0, 0.1) is 0 Å².